The van der Waals surface area contributed by atoms with Crippen molar-refractivity contribution >= 4 is 15.9 Å². The molecule has 1 aliphatic heterocycles. The van der Waals surface area contributed by atoms with Gasteiger partial charge in [-0.1, -0.05) is 28.1 Å². The summed E-state index contributed by atoms with van der Waals surface area (Å²) in [6.45, 7) is 1.49. The molecule has 0 saturated carbocycles. The Hall–Kier alpha value is -0.380. The standard InChI is InChI=1S/C9H10BrNO/c10-8-3-1-7(2-4-8)9(11)5-12-6-9/h1-4H,5-6,11H2/p+1. The van der Waals surface area contributed by atoms with E-state index in [1.54, 1.807) is 0 Å². The molecule has 0 atom stereocenters. The van der Waals surface area contributed by atoms with Gasteiger partial charge in [0, 0.05) is 10.0 Å². The van der Waals surface area contributed by atoms with Gasteiger partial charge >= 0.3 is 0 Å². The summed E-state index contributed by atoms with van der Waals surface area (Å²) in [6.07, 6.45) is 0. The van der Waals surface area contributed by atoms with Gasteiger partial charge in [0.2, 0.25) is 0 Å². The van der Waals surface area contributed by atoms with E-state index in [1.165, 1.54) is 5.56 Å². The van der Waals surface area contributed by atoms with Crippen LogP contribution in [0.4, 0.5) is 0 Å². The predicted molar refractivity (Wildman–Crippen MR) is 49.5 cm³/mol. The molecule has 0 spiro atoms. The second-order valence-corrected chi connectivity index (χ2v) is 4.20. The minimum Gasteiger partial charge on any atom is -0.367 e. The van der Waals surface area contributed by atoms with E-state index in [0.29, 0.717) is 0 Å². The van der Waals surface area contributed by atoms with Crippen molar-refractivity contribution in [2.75, 3.05) is 13.2 Å². The van der Waals surface area contributed by atoms with Gasteiger partial charge in [0.15, 0.2) is 5.54 Å². The van der Waals surface area contributed by atoms with Gasteiger partial charge < -0.3 is 10.5 Å². The van der Waals surface area contributed by atoms with Gasteiger partial charge in [-0.3, -0.25) is 0 Å². The van der Waals surface area contributed by atoms with Crippen LogP contribution in [0, 0.1) is 0 Å². The molecule has 1 aromatic rings. The molecule has 1 heterocycles. The molecule has 1 aliphatic rings. The van der Waals surface area contributed by atoms with E-state index >= 15 is 0 Å². The zero-order valence-corrected chi connectivity index (χ0v) is 8.30. The zero-order chi connectivity index (χ0) is 8.60. The maximum atomic E-state index is 5.15. The number of benzene rings is 1. The van der Waals surface area contributed by atoms with E-state index in [9.17, 15) is 0 Å². The first-order chi connectivity index (χ1) is 5.71. The SMILES string of the molecule is [NH3+]C1(c2ccc(Br)cc2)COC1. The summed E-state index contributed by atoms with van der Waals surface area (Å²) < 4.78 is 6.25. The molecule has 0 aliphatic carbocycles. The van der Waals surface area contributed by atoms with E-state index in [1.807, 2.05) is 12.1 Å². The highest BCUT2D eigenvalue weighted by atomic mass is 79.9. The van der Waals surface area contributed by atoms with Crippen molar-refractivity contribution in [1.82, 2.24) is 0 Å². The van der Waals surface area contributed by atoms with Crippen LogP contribution in [0.15, 0.2) is 28.7 Å². The first-order valence-corrected chi connectivity index (χ1v) is 4.69. The number of hydrogen-bond acceptors (Lipinski definition) is 1. The molecule has 0 amide bonds. The Morgan fingerprint density at radius 2 is 1.83 bits per heavy atom. The van der Waals surface area contributed by atoms with Crippen molar-refractivity contribution in [3.63, 3.8) is 0 Å². The summed E-state index contributed by atoms with van der Waals surface area (Å²) in [4.78, 5) is 0. The Morgan fingerprint density at radius 1 is 1.25 bits per heavy atom. The minimum atomic E-state index is 0.0146. The normalized spacial score (nSPS) is 20.2. The maximum absolute atomic E-state index is 5.15. The maximum Gasteiger partial charge on any atom is 0.167 e. The number of rotatable bonds is 1. The van der Waals surface area contributed by atoms with Crippen LogP contribution in [0.25, 0.3) is 0 Å². The van der Waals surface area contributed by atoms with E-state index in [4.69, 9.17) is 4.74 Å². The molecule has 12 heavy (non-hydrogen) atoms. The van der Waals surface area contributed by atoms with Crippen LogP contribution < -0.4 is 5.73 Å². The molecular formula is C9H11BrNO+. The van der Waals surface area contributed by atoms with Crippen LogP contribution in [0.1, 0.15) is 5.56 Å². The molecule has 3 N–H and O–H groups in total. The molecule has 1 saturated heterocycles. The average molecular weight is 229 g/mol. The molecule has 0 radical (unpaired) electrons. The lowest BCUT2D eigenvalue weighted by Crippen LogP contribution is -2.79. The third kappa shape index (κ3) is 1.28. The average Bonchev–Trinajstić information content (AvgIpc) is 2.02. The third-order valence-electron chi connectivity index (χ3n) is 2.21. The molecular weight excluding hydrogens is 218 g/mol. The smallest absolute Gasteiger partial charge is 0.167 e. The molecule has 0 aromatic heterocycles. The molecule has 0 unspecified atom stereocenters. The van der Waals surface area contributed by atoms with Crippen molar-refractivity contribution in [2.24, 2.45) is 0 Å². The van der Waals surface area contributed by atoms with Gasteiger partial charge in [-0.05, 0) is 12.1 Å². The number of halogens is 1. The van der Waals surface area contributed by atoms with E-state index in [0.717, 1.165) is 17.7 Å². The third-order valence-corrected chi connectivity index (χ3v) is 2.74. The Morgan fingerprint density at radius 3 is 2.25 bits per heavy atom. The summed E-state index contributed by atoms with van der Waals surface area (Å²) in [6, 6.07) is 8.28. The van der Waals surface area contributed by atoms with Crippen molar-refractivity contribution in [3.8, 4) is 0 Å². The van der Waals surface area contributed by atoms with Crippen LogP contribution in [-0.2, 0) is 10.3 Å². The molecule has 3 heteroatoms. The van der Waals surface area contributed by atoms with Crippen LogP contribution in [0.3, 0.4) is 0 Å². The molecule has 1 aromatic carbocycles. The molecule has 1 fully saturated rings. The summed E-state index contributed by atoms with van der Waals surface area (Å²) in [5, 5.41) is 0. The highest BCUT2D eigenvalue weighted by molar-refractivity contribution is 9.10. The second-order valence-electron chi connectivity index (χ2n) is 3.28. The molecule has 2 nitrogen and oxygen atoms in total. The fraction of sp³-hybridized carbons (Fsp3) is 0.333. The van der Waals surface area contributed by atoms with Gasteiger partial charge in [0.1, 0.15) is 13.2 Å². The van der Waals surface area contributed by atoms with Gasteiger partial charge in [-0.2, -0.15) is 0 Å². The second kappa shape index (κ2) is 2.83. The van der Waals surface area contributed by atoms with Crippen LogP contribution in [-0.4, -0.2) is 13.2 Å². The summed E-state index contributed by atoms with van der Waals surface area (Å²) in [5.41, 5.74) is 5.41. The lowest BCUT2D eigenvalue weighted by atomic mass is 9.89. The van der Waals surface area contributed by atoms with E-state index in [-0.39, 0.29) is 5.54 Å². The largest absolute Gasteiger partial charge is 0.367 e. The monoisotopic (exact) mass is 228 g/mol. The first-order valence-electron chi connectivity index (χ1n) is 3.90. The Bertz CT molecular complexity index is 279. The quantitative estimate of drug-likeness (QED) is 0.763. The fourth-order valence-electron chi connectivity index (χ4n) is 1.32. The lowest BCUT2D eigenvalue weighted by molar-refractivity contribution is -0.535. The molecule has 64 valence electrons. The van der Waals surface area contributed by atoms with Crippen molar-refractivity contribution in [3.05, 3.63) is 34.3 Å². The van der Waals surface area contributed by atoms with Gasteiger partial charge in [-0.15, -0.1) is 0 Å². The van der Waals surface area contributed by atoms with E-state index in [2.05, 4.69) is 33.8 Å². The summed E-state index contributed by atoms with van der Waals surface area (Å²) in [5.74, 6) is 0. The first kappa shape index (κ1) is 8.23. The van der Waals surface area contributed by atoms with Crippen LogP contribution >= 0.6 is 15.9 Å². The van der Waals surface area contributed by atoms with Crippen molar-refractivity contribution in [2.45, 2.75) is 5.54 Å². The lowest BCUT2D eigenvalue weighted by Gasteiger charge is -2.34. The topological polar surface area (TPSA) is 36.9 Å². The summed E-state index contributed by atoms with van der Waals surface area (Å²) in [7, 11) is 0. The van der Waals surface area contributed by atoms with Crippen molar-refractivity contribution < 1.29 is 10.5 Å². The zero-order valence-electron chi connectivity index (χ0n) is 6.72. The van der Waals surface area contributed by atoms with E-state index < -0.39 is 0 Å². The van der Waals surface area contributed by atoms with Crippen molar-refractivity contribution in [1.29, 1.82) is 0 Å². The number of hydrogen-bond donors (Lipinski definition) is 1. The Labute approximate surface area is 79.8 Å². The Balaban J connectivity index is 2.28. The Kier molecular flexibility index (Phi) is 1.94. The number of quaternary nitrogens is 1. The molecule has 2 rings (SSSR count). The van der Waals surface area contributed by atoms with Crippen LogP contribution in [0.5, 0.6) is 0 Å². The number of ether oxygens (including phenoxy) is 1. The minimum absolute atomic E-state index is 0.0146. The van der Waals surface area contributed by atoms with Crippen LogP contribution in [0.2, 0.25) is 0 Å². The fourth-order valence-corrected chi connectivity index (χ4v) is 1.58. The highest BCUT2D eigenvalue weighted by Crippen LogP contribution is 2.25. The highest BCUT2D eigenvalue weighted by Gasteiger charge is 2.40. The predicted octanol–water partition coefficient (Wildman–Crippen LogP) is 0.916. The summed E-state index contributed by atoms with van der Waals surface area (Å²) >= 11 is 3.40. The van der Waals surface area contributed by atoms with Gasteiger partial charge in [0.25, 0.3) is 0 Å². The van der Waals surface area contributed by atoms with Gasteiger partial charge in [-0.25, -0.2) is 0 Å². The van der Waals surface area contributed by atoms with Gasteiger partial charge in [0.05, 0.1) is 0 Å². The molecule has 0 bridgehead atoms.